The topological polar surface area (TPSA) is 29.1 Å². The van der Waals surface area contributed by atoms with Crippen molar-refractivity contribution in [3.8, 4) is 0 Å². The highest BCUT2D eigenvalue weighted by Gasteiger charge is 2.00. The van der Waals surface area contributed by atoms with Crippen LogP contribution in [0.2, 0.25) is 0 Å². The first-order valence-electron chi connectivity index (χ1n) is 5.98. The van der Waals surface area contributed by atoms with Crippen molar-refractivity contribution < 1.29 is 4.79 Å². The quantitative estimate of drug-likeness (QED) is 0.425. The summed E-state index contributed by atoms with van der Waals surface area (Å²) in [7, 11) is 0. The molecule has 0 bridgehead atoms. The summed E-state index contributed by atoms with van der Waals surface area (Å²) in [5.41, 5.74) is 0. The molecule has 84 valence electrons. The molecule has 0 aliphatic rings. The van der Waals surface area contributed by atoms with Gasteiger partial charge in [0.2, 0.25) is 6.41 Å². The van der Waals surface area contributed by atoms with Crippen LogP contribution in [0, 0.1) is 5.92 Å². The minimum Gasteiger partial charge on any atom is -0.358 e. The lowest BCUT2D eigenvalue weighted by atomic mass is 10.0. The molecular formula is C12H25NO. The molecule has 0 aliphatic carbocycles. The third kappa shape index (κ3) is 9.56. The van der Waals surface area contributed by atoms with Gasteiger partial charge in [-0.25, -0.2) is 0 Å². The molecule has 1 amide bonds. The molecule has 0 aliphatic heterocycles. The Morgan fingerprint density at radius 2 is 1.79 bits per heavy atom. The fourth-order valence-corrected chi connectivity index (χ4v) is 1.62. The molecule has 0 rings (SSSR count). The third-order valence-corrected chi connectivity index (χ3v) is 2.60. The van der Waals surface area contributed by atoms with Crippen LogP contribution in [0.1, 0.15) is 58.8 Å². The summed E-state index contributed by atoms with van der Waals surface area (Å²) in [6, 6.07) is 0. The lowest BCUT2D eigenvalue weighted by Crippen LogP contribution is -2.19. The van der Waals surface area contributed by atoms with Gasteiger partial charge in [-0.05, 0) is 12.3 Å². The molecule has 2 nitrogen and oxygen atoms in total. The van der Waals surface area contributed by atoms with Crippen LogP contribution in [0.25, 0.3) is 0 Å². The largest absolute Gasteiger partial charge is 0.358 e. The number of nitrogens with one attached hydrogen (secondary N) is 1. The molecule has 14 heavy (non-hydrogen) atoms. The van der Waals surface area contributed by atoms with Crippen LogP contribution in [0.15, 0.2) is 0 Å². The number of carbonyl (C=O) groups excluding carboxylic acids is 1. The van der Waals surface area contributed by atoms with Crippen LogP contribution in [-0.4, -0.2) is 13.0 Å². The maximum absolute atomic E-state index is 10.0. The van der Waals surface area contributed by atoms with Gasteiger partial charge in [-0.2, -0.15) is 0 Å². The third-order valence-electron chi connectivity index (χ3n) is 2.60. The first-order valence-corrected chi connectivity index (χ1v) is 5.98. The molecule has 0 saturated heterocycles. The Morgan fingerprint density at radius 1 is 1.14 bits per heavy atom. The number of carbonyl (C=O) groups is 1. The zero-order valence-corrected chi connectivity index (χ0v) is 9.72. The molecule has 0 spiro atoms. The van der Waals surface area contributed by atoms with E-state index in [1.54, 1.807) is 0 Å². The van der Waals surface area contributed by atoms with Crippen molar-refractivity contribution in [2.24, 2.45) is 5.92 Å². The highest BCUT2D eigenvalue weighted by Crippen LogP contribution is 2.11. The van der Waals surface area contributed by atoms with E-state index in [0.29, 0.717) is 5.92 Å². The van der Waals surface area contributed by atoms with E-state index in [0.717, 1.165) is 13.0 Å². The summed E-state index contributed by atoms with van der Waals surface area (Å²) in [5, 5.41) is 2.73. The van der Waals surface area contributed by atoms with Gasteiger partial charge in [-0.15, -0.1) is 0 Å². The predicted octanol–water partition coefficient (Wildman–Crippen LogP) is 3.12. The van der Waals surface area contributed by atoms with E-state index in [2.05, 4.69) is 19.2 Å². The number of rotatable bonds is 10. The maximum atomic E-state index is 10.0. The first-order chi connectivity index (χ1) is 6.81. The van der Waals surface area contributed by atoms with Gasteiger partial charge in [0, 0.05) is 6.54 Å². The lowest BCUT2D eigenvalue weighted by Gasteiger charge is -2.09. The number of hydrogen-bond acceptors (Lipinski definition) is 1. The fraction of sp³-hybridized carbons (Fsp3) is 0.917. The zero-order chi connectivity index (χ0) is 10.6. The lowest BCUT2D eigenvalue weighted by molar-refractivity contribution is -0.109. The number of unbranched alkanes of at least 4 members (excludes halogenated alkanes) is 5. The molecule has 2 heteroatoms. The van der Waals surface area contributed by atoms with E-state index >= 15 is 0 Å². The van der Waals surface area contributed by atoms with Crippen molar-refractivity contribution in [1.82, 2.24) is 5.32 Å². The molecule has 1 unspecified atom stereocenters. The van der Waals surface area contributed by atoms with Gasteiger partial charge in [0.05, 0.1) is 0 Å². The summed E-state index contributed by atoms with van der Waals surface area (Å²) in [4.78, 5) is 10.0. The summed E-state index contributed by atoms with van der Waals surface area (Å²) >= 11 is 0. The van der Waals surface area contributed by atoms with Crippen molar-refractivity contribution in [2.75, 3.05) is 6.54 Å². The standard InChI is InChI=1S/C12H25NO/c1-3-4-5-6-7-8-9-12(2)10-13-11-14/h11-12H,3-10H2,1-2H3,(H,13,14). The average Bonchev–Trinajstić information content (AvgIpc) is 2.20. The van der Waals surface area contributed by atoms with Crippen LogP contribution in [0.4, 0.5) is 0 Å². The number of amides is 1. The molecule has 0 radical (unpaired) electrons. The Morgan fingerprint density at radius 3 is 2.43 bits per heavy atom. The molecule has 0 aromatic heterocycles. The van der Waals surface area contributed by atoms with Gasteiger partial charge in [0.15, 0.2) is 0 Å². The Labute approximate surface area is 88.5 Å². The van der Waals surface area contributed by atoms with Crippen molar-refractivity contribution in [2.45, 2.75) is 58.8 Å². The molecule has 0 aromatic rings. The SMILES string of the molecule is CCCCCCCCC(C)CNC=O. The van der Waals surface area contributed by atoms with E-state index in [1.807, 2.05) is 0 Å². The second-order valence-electron chi connectivity index (χ2n) is 4.19. The van der Waals surface area contributed by atoms with Gasteiger partial charge < -0.3 is 5.32 Å². The minimum atomic E-state index is 0.631. The minimum absolute atomic E-state index is 0.631. The second kappa shape index (κ2) is 10.6. The van der Waals surface area contributed by atoms with Gasteiger partial charge in [-0.1, -0.05) is 52.4 Å². The van der Waals surface area contributed by atoms with Crippen molar-refractivity contribution in [3.63, 3.8) is 0 Å². The highest BCUT2D eigenvalue weighted by molar-refractivity contribution is 5.45. The molecule has 0 heterocycles. The number of hydrogen-bond donors (Lipinski definition) is 1. The zero-order valence-electron chi connectivity index (χ0n) is 9.72. The molecule has 0 saturated carbocycles. The average molecular weight is 199 g/mol. The molecule has 1 N–H and O–H groups in total. The fourth-order valence-electron chi connectivity index (χ4n) is 1.62. The summed E-state index contributed by atoms with van der Waals surface area (Å²) in [5.74, 6) is 0.631. The van der Waals surface area contributed by atoms with Crippen LogP contribution >= 0.6 is 0 Å². The van der Waals surface area contributed by atoms with Gasteiger partial charge in [0.25, 0.3) is 0 Å². The summed E-state index contributed by atoms with van der Waals surface area (Å²) in [6.07, 6.45) is 10.2. The van der Waals surface area contributed by atoms with Crippen LogP contribution < -0.4 is 5.32 Å². The van der Waals surface area contributed by atoms with Gasteiger partial charge >= 0.3 is 0 Å². The summed E-state index contributed by atoms with van der Waals surface area (Å²) < 4.78 is 0. The Hall–Kier alpha value is -0.530. The van der Waals surface area contributed by atoms with Gasteiger partial charge in [0.1, 0.15) is 0 Å². The molecular weight excluding hydrogens is 174 g/mol. The molecule has 0 fully saturated rings. The van der Waals surface area contributed by atoms with Crippen molar-refractivity contribution in [3.05, 3.63) is 0 Å². The predicted molar refractivity (Wildman–Crippen MR) is 61.2 cm³/mol. The Balaban J connectivity index is 3.06. The Bertz CT molecular complexity index is 125. The van der Waals surface area contributed by atoms with E-state index in [1.165, 1.54) is 44.9 Å². The maximum Gasteiger partial charge on any atom is 0.207 e. The van der Waals surface area contributed by atoms with E-state index in [9.17, 15) is 4.79 Å². The van der Waals surface area contributed by atoms with Crippen LogP contribution in [0.5, 0.6) is 0 Å². The highest BCUT2D eigenvalue weighted by atomic mass is 16.1. The van der Waals surface area contributed by atoms with E-state index in [-0.39, 0.29) is 0 Å². The van der Waals surface area contributed by atoms with Crippen molar-refractivity contribution >= 4 is 6.41 Å². The van der Waals surface area contributed by atoms with E-state index in [4.69, 9.17) is 0 Å². The molecule has 0 aromatic carbocycles. The Kier molecular flexibility index (Phi) is 10.2. The smallest absolute Gasteiger partial charge is 0.207 e. The normalized spacial score (nSPS) is 12.4. The van der Waals surface area contributed by atoms with Crippen molar-refractivity contribution in [1.29, 1.82) is 0 Å². The first kappa shape index (κ1) is 13.5. The second-order valence-corrected chi connectivity index (χ2v) is 4.19. The van der Waals surface area contributed by atoms with Gasteiger partial charge in [-0.3, -0.25) is 4.79 Å². The van der Waals surface area contributed by atoms with Crippen LogP contribution in [0.3, 0.4) is 0 Å². The summed E-state index contributed by atoms with van der Waals surface area (Å²) in [6.45, 7) is 5.27. The molecule has 1 atom stereocenters. The van der Waals surface area contributed by atoms with E-state index < -0.39 is 0 Å². The monoisotopic (exact) mass is 199 g/mol. The van der Waals surface area contributed by atoms with Crippen LogP contribution in [-0.2, 0) is 4.79 Å².